The fraction of sp³-hybridized carbons (Fsp3) is 0.200. The van der Waals surface area contributed by atoms with Crippen LogP contribution in [0, 0.1) is 11.6 Å². The van der Waals surface area contributed by atoms with Crippen molar-refractivity contribution >= 4 is 5.69 Å². The van der Waals surface area contributed by atoms with E-state index in [-0.39, 0.29) is 19.0 Å². The lowest BCUT2D eigenvalue weighted by Crippen LogP contribution is -2.25. The SMILES string of the molecule is Nc1ccccc1OCC(O)COc1cc(F)ccc1F. The second kappa shape index (κ2) is 6.90. The van der Waals surface area contributed by atoms with Gasteiger partial charge in [-0.05, 0) is 24.3 Å². The van der Waals surface area contributed by atoms with Gasteiger partial charge in [0, 0.05) is 6.07 Å². The summed E-state index contributed by atoms with van der Waals surface area (Å²) in [5, 5.41) is 9.72. The average molecular weight is 295 g/mol. The van der Waals surface area contributed by atoms with Crippen LogP contribution in [0.5, 0.6) is 11.5 Å². The van der Waals surface area contributed by atoms with Gasteiger partial charge in [-0.15, -0.1) is 0 Å². The Bertz CT molecular complexity index is 607. The maximum absolute atomic E-state index is 13.3. The van der Waals surface area contributed by atoms with Crippen LogP contribution in [0.2, 0.25) is 0 Å². The number of ether oxygens (including phenoxy) is 2. The van der Waals surface area contributed by atoms with Crippen molar-refractivity contribution in [1.29, 1.82) is 0 Å². The van der Waals surface area contributed by atoms with E-state index in [0.29, 0.717) is 11.4 Å². The number of nitrogen functional groups attached to an aromatic ring is 1. The minimum Gasteiger partial charge on any atom is -0.489 e. The molecule has 0 aliphatic carbocycles. The molecule has 2 aromatic carbocycles. The van der Waals surface area contributed by atoms with Gasteiger partial charge in [0.25, 0.3) is 0 Å². The summed E-state index contributed by atoms with van der Waals surface area (Å²) in [6.07, 6.45) is -1.01. The maximum Gasteiger partial charge on any atom is 0.165 e. The van der Waals surface area contributed by atoms with Gasteiger partial charge in [-0.2, -0.15) is 0 Å². The van der Waals surface area contributed by atoms with Crippen LogP contribution in [0.25, 0.3) is 0 Å². The summed E-state index contributed by atoms with van der Waals surface area (Å²) in [6, 6.07) is 9.69. The Hall–Kier alpha value is -2.34. The second-order valence-electron chi connectivity index (χ2n) is 4.39. The van der Waals surface area contributed by atoms with Crippen LogP contribution in [0.4, 0.5) is 14.5 Å². The van der Waals surface area contributed by atoms with E-state index >= 15 is 0 Å². The quantitative estimate of drug-likeness (QED) is 0.803. The van der Waals surface area contributed by atoms with Gasteiger partial charge in [-0.3, -0.25) is 0 Å². The van der Waals surface area contributed by atoms with E-state index in [1.165, 1.54) is 0 Å². The lowest BCUT2D eigenvalue weighted by Gasteiger charge is -2.14. The van der Waals surface area contributed by atoms with Crippen LogP contribution >= 0.6 is 0 Å². The Kier molecular flexibility index (Phi) is 4.94. The third-order valence-electron chi connectivity index (χ3n) is 2.67. The zero-order valence-corrected chi connectivity index (χ0v) is 11.1. The van der Waals surface area contributed by atoms with E-state index in [1.807, 2.05) is 0 Å². The van der Waals surface area contributed by atoms with E-state index in [1.54, 1.807) is 24.3 Å². The molecule has 0 bridgehead atoms. The highest BCUT2D eigenvalue weighted by atomic mass is 19.1. The molecule has 0 aliphatic rings. The summed E-state index contributed by atoms with van der Waals surface area (Å²) in [7, 11) is 0. The number of hydrogen-bond donors (Lipinski definition) is 2. The molecular weight excluding hydrogens is 280 g/mol. The van der Waals surface area contributed by atoms with Crippen molar-refractivity contribution in [3.05, 3.63) is 54.1 Å². The molecule has 0 saturated heterocycles. The number of hydrogen-bond acceptors (Lipinski definition) is 4. The van der Waals surface area contributed by atoms with Crippen molar-refractivity contribution < 1.29 is 23.4 Å². The van der Waals surface area contributed by atoms with E-state index in [9.17, 15) is 13.9 Å². The number of nitrogens with two attached hydrogens (primary N) is 1. The standard InChI is InChI=1S/C15H15F2NO3/c16-10-5-6-12(17)15(7-10)21-9-11(19)8-20-14-4-2-1-3-13(14)18/h1-7,11,19H,8-9,18H2. The van der Waals surface area contributed by atoms with Crippen molar-refractivity contribution in [1.82, 2.24) is 0 Å². The largest absolute Gasteiger partial charge is 0.489 e. The lowest BCUT2D eigenvalue weighted by atomic mass is 10.3. The van der Waals surface area contributed by atoms with Crippen LogP contribution in [0.15, 0.2) is 42.5 Å². The lowest BCUT2D eigenvalue weighted by molar-refractivity contribution is 0.0614. The smallest absolute Gasteiger partial charge is 0.165 e. The van der Waals surface area contributed by atoms with Crippen LogP contribution in [-0.2, 0) is 0 Å². The molecule has 0 saturated carbocycles. The van der Waals surface area contributed by atoms with Crippen molar-refractivity contribution in [2.45, 2.75) is 6.10 Å². The van der Waals surface area contributed by atoms with Crippen molar-refractivity contribution in [2.75, 3.05) is 18.9 Å². The molecule has 0 radical (unpaired) electrons. The molecule has 1 unspecified atom stereocenters. The van der Waals surface area contributed by atoms with Gasteiger partial charge < -0.3 is 20.3 Å². The zero-order valence-electron chi connectivity index (χ0n) is 11.1. The molecule has 0 aliphatic heterocycles. The molecular formula is C15H15F2NO3. The molecule has 2 rings (SSSR count). The van der Waals surface area contributed by atoms with Gasteiger partial charge >= 0.3 is 0 Å². The van der Waals surface area contributed by atoms with Crippen molar-refractivity contribution in [3.8, 4) is 11.5 Å². The van der Waals surface area contributed by atoms with Gasteiger partial charge in [0.15, 0.2) is 11.6 Å². The summed E-state index contributed by atoms with van der Waals surface area (Å²) in [6.45, 7) is -0.307. The fourth-order valence-corrected chi connectivity index (χ4v) is 1.62. The number of rotatable bonds is 6. The first-order chi connectivity index (χ1) is 10.1. The van der Waals surface area contributed by atoms with Gasteiger partial charge in [0.05, 0.1) is 5.69 Å². The third kappa shape index (κ3) is 4.32. The van der Waals surface area contributed by atoms with Gasteiger partial charge in [0.2, 0.25) is 0 Å². The molecule has 3 N–H and O–H groups in total. The summed E-state index contributed by atoms with van der Waals surface area (Å²) in [5.74, 6) is -1.13. The third-order valence-corrected chi connectivity index (χ3v) is 2.67. The predicted octanol–water partition coefficient (Wildman–Crippen LogP) is 2.37. The van der Waals surface area contributed by atoms with Crippen LogP contribution in [0.1, 0.15) is 0 Å². The van der Waals surface area contributed by atoms with Gasteiger partial charge in [-0.1, -0.05) is 12.1 Å². The molecule has 2 aromatic rings. The molecule has 0 heterocycles. The Morgan fingerprint density at radius 3 is 2.38 bits per heavy atom. The second-order valence-corrected chi connectivity index (χ2v) is 4.39. The van der Waals surface area contributed by atoms with Gasteiger partial charge in [-0.25, -0.2) is 8.78 Å². The Morgan fingerprint density at radius 1 is 1.00 bits per heavy atom. The molecule has 21 heavy (non-hydrogen) atoms. The number of halogens is 2. The molecule has 4 nitrogen and oxygen atoms in total. The number of benzene rings is 2. The van der Waals surface area contributed by atoms with Crippen molar-refractivity contribution in [2.24, 2.45) is 0 Å². The molecule has 0 aromatic heterocycles. The first-order valence-corrected chi connectivity index (χ1v) is 6.29. The van der Waals surface area contributed by atoms with Crippen molar-refractivity contribution in [3.63, 3.8) is 0 Å². The molecule has 0 fully saturated rings. The molecule has 1 atom stereocenters. The highest BCUT2D eigenvalue weighted by Gasteiger charge is 2.11. The first kappa shape index (κ1) is 15.1. The van der Waals surface area contributed by atoms with Crippen LogP contribution in [0.3, 0.4) is 0 Å². The minimum absolute atomic E-state index is 0.0782. The molecule has 6 heteroatoms. The number of anilines is 1. The Labute approximate surface area is 120 Å². The topological polar surface area (TPSA) is 64.7 Å². The summed E-state index contributed by atoms with van der Waals surface area (Å²) >= 11 is 0. The normalized spacial score (nSPS) is 12.0. The Balaban J connectivity index is 1.84. The van der Waals surface area contributed by atoms with E-state index in [0.717, 1.165) is 18.2 Å². The summed E-state index contributed by atoms with van der Waals surface area (Å²) in [4.78, 5) is 0. The predicted molar refractivity (Wildman–Crippen MR) is 74.2 cm³/mol. The molecule has 0 spiro atoms. The van der Waals surface area contributed by atoms with Gasteiger partial charge in [0.1, 0.15) is 30.9 Å². The molecule has 0 amide bonds. The highest BCUT2D eigenvalue weighted by Crippen LogP contribution is 2.20. The summed E-state index contributed by atoms with van der Waals surface area (Å²) < 4.78 is 36.6. The van der Waals surface area contributed by atoms with Crippen LogP contribution in [-0.4, -0.2) is 24.4 Å². The monoisotopic (exact) mass is 295 g/mol. The fourth-order valence-electron chi connectivity index (χ4n) is 1.62. The molecule has 112 valence electrons. The number of para-hydroxylation sites is 2. The number of aliphatic hydroxyl groups is 1. The van der Waals surface area contributed by atoms with Crippen LogP contribution < -0.4 is 15.2 Å². The zero-order chi connectivity index (χ0) is 15.2. The maximum atomic E-state index is 13.3. The first-order valence-electron chi connectivity index (χ1n) is 6.29. The average Bonchev–Trinajstić information content (AvgIpc) is 2.47. The van der Waals surface area contributed by atoms with E-state index in [4.69, 9.17) is 15.2 Å². The Morgan fingerprint density at radius 2 is 1.67 bits per heavy atom. The van der Waals surface area contributed by atoms with E-state index in [2.05, 4.69) is 0 Å². The number of aliphatic hydroxyl groups excluding tert-OH is 1. The highest BCUT2D eigenvalue weighted by molar-refractivity contribution is 5.51. The summed E-state index contributed by atoms with van der Waals surface area (Å²) in [5.41, 5.74) is 6.13. The van der Waals surface area contributed by atoms with E-state index < -0.39 is 17.7 Å². The minimum atomic E-state index is -1.01.